The molecule has 1 aromatic heterocycles. The summed E-state index contributed by atoms with van der Waals surface area (Å²) in [5.74, 6) is 3.93. The second-order valence-electron chi connectivity index (χ2n) is 7.85. The molecular weight excluding hydrogens is 430 g/mol. The number of β-amino-alcohol motifs (C(OH)–C–C–N with tert-alkyl or cyclic N) is 1. The van der Waals surface area contributed by atoms with E-state index in [1.807, 2.05) is 30.3 Å². The standard InChI is InChI=1S/C23H25N3O7/c1-28-18-7-5-14(20(29-2)21(18)30-3)10-26-11-15(27)9-16(26)23-24-22(25-33-23)13-4-6-17-19(8-13)32-12-31-17/h4-8,15-16,27H,9-12H2,1-3H3/t15-,16+/m1/s1. The molecule has 10 nitrogen and oxygen atoms in total. The Morgan fingerprint density at radius 3 is 2.64 bits per heavy atom. The van der Waals surface area contributed by atoms with Gasteiger partial charge in [0.25, 0.3) is 0 Å². The van der Waals surface area contributed by atoms with Crippen molar-refractivity contribution in [3.63, 3.8) is 0 Å². The lowest BCUT2D eigenvalue weighted by Crippen LogP contribution is -2.25. The first-order chi connectivity index (χ1) is 16.1. The molecule has 2 aromatic carbocycles. The Hall–Kier alpha value is -3.50. The Labute approximate surface area is 190 Å². The van der Waals surface area contributed by atoms with Crippen molar-refractivity contribution in [2.75, 3.05) is 34.7 Å². The zero-order valence-electron chi connectivity index (χ0n) is 18.6. The quantitative estimate of drug-likeness (QED) is 0.571. The van der Waals surface area contributed by atoms with Gasteiger partial charge in [-0.1, -0.05) is 11.2 Å². The summed E-state index contributed by atoms with van der Waals surface area (Å²) in [6, 6.07) is 9.03. The number of ether oxygens (including phenoxy) is 5. The molecule has 2 aliphatic heterocycles. The van der Waals surface area contributed by atoms with Crippen molar-refractivity contribution in [2.45, 2.75) is 25.1 Å². The van der Waals surface area contributed by atoms with Gasteiger partial charge in [0.05, 0.1) is 33.5 Å². The van der Waals surface area contributed by atoms with Crippen molar-refractivity contribution in [3.8, 4) is 40.1 Å². The van der Waals surface area contributed by atoms with Crippen LogP contribution < -0.4 is 23.7 Å². The molecule has 33 heavy (non-hydrogen) atoms. The van der Waals surface area contributed by atoms with Crippen molar-refractivity contribution >= 4 is 0 Å². The summed E-state index contributed by atoms with van der Waals surface area (Å²) in [6.07, 6.45) is -0.0275. The number of aromatic nitrogens is 2. The highest BCUT2D eigenvalue weighted by atomic mass is 16.7. The van der Waals surface area contributed by atoms with Gasteiger partial charge in [-0.15, -0.1) is 0 Å². The first-order valence-corrected chi connectivity index (χ1v) is 10.5. The van der Waals surface area contributed by atoms with E-state index in [4.69, 9.17) is 28.2 Å². The van der Waals surface area contributed by atoms with Crippen molar-refractivity contribution in [1.82, 2.24) is 15.0 Å². The SMILES string of the molecule is COc1ccc(CN2C[C@H](O)C[C@H]2c2nc(-c3ccc4c(c3)OCO4)no2)c(OC)c1OC. The predicted octanol–water partition coefficient (Wildman–Crippen LogP) is 2.80. The van der Waals surface area contributed by atoms with Gasteiger partial charge in [-0.3, -0.25) is 4.90 Å². The molecule has 0 aliphatic carbocycles. The average molecular weight is 455 g/mol. The van der Waals surface area contributed by atoms with Gasteiger partial charge in [-0.2, -0.15) is 4.98 Å². The van der Waals surface area contributed by atoms with Crippen LogP contribution in [0, 0.1) is 0 Å². The Balaban J connectivity index is 1.41. The Morgan fingerprint density at radius 2 is 1.85 bits per heavy atom. The maximum atomic E-state index is 10.4. The van der Waals surface area contributed by atoms with Crippen LogP contribution in [0.5, 0.6) is 28.7 Å². The van der Waals surface area contributed by atoms with E-state index in [9.17, 15) is 5.11 Å². The first kappa shape index (κ1) is 21.4. The van der Waals surface area contributed by atoms with E-state index in [2.05, 4.69) is 15.0 Å². The molecule has 0 saturated carbocycles. The van der Waals surface area contributed by atoms with Crippen LogP contribution in [0.25, 0.3) is 11.4 Å². The number of hydrogen-bond donors (Lipinski definition) is 1. The number of aliphatic hydroxyl groups excluding tert-OH is 1. The van der Waals surface area contributed by atoms with Gasteiger partial charge < -0.3 is 33.3 Å². The van der Waals surface area contributed by atoms with Crippen molar-refractivity contribution in [2.24, 2.45) is 0 Å². The summed E-state index contributed by atoms with van der Waals surface area (Å²) in [6.45, 7) is 1.15. The molecule has 174 valence electrons. The van der Waals surface area contributed by atoms with E-state index in [-0.39, 0.29) is 12.8 Å². The van der Waals surface area contributed by atoms with Crippen molar-refractivity contribution in [1.29, 1.82) is 0 Å². The van der Waals surface area contributed by atoms with Crippen LogP contribution in [0.1, 0.15) is 23.9 Å². The van der Waals surface area contributed by atoms with Gasteiger partial charge in [0.2, 0.25) is 24.3 Å². The largest absolute Gasteiger partial charge is 0.493 e. The third-order valence-electron chi connectivity index (χ3n) is 5.90. The molecule has 1 saturated heterocycles. The van der Waals surface area contributed by atoms with Crippen molar-refractivity contribution < 1.29 is 33.3 Å². The second kappa shape index (κ2) is 8.80. The zero-order valence-corrected chi connectivity index (χ0v) is 18.6. The molecule has 1 N–H and O–H groups in total. The lowest BCUT2D eigenvalue weighted by molar-refractivity contribution is 0.168. The molecule has 3 heterocycles. The van der Waals surface area contributed by atoms with Crippen LogP contribution >= 0.6 is 0 Å². The van der Waals surface area contributed by atoms with Crippen molar-refractivity contribution in [3.05, 3.63) is 41.8 Å². The molecule has 3 aromatic rings. The topological polar surface area (TPSA) is 109 Å². The molecule has 0 unspecified atom stereocenters. The Kier molecular flexibility index (Phi) is 5.69. The molecule has 5 rings (SSSR count). The fraction of sp³-hybridized carbons (Fsp3) is 0.391. The molecule has 0 bridgehead atoms. The fourth-order valence-corrected chi connectivity index (χ4v) is 4.34. The van der Waals surface area contributed by atoms with Crippen LogP contribution in [0.15, 0.2) is 34.9 Å². The maximum absolute atomic E-state index is 10.4. The minimum absolute atomic E-state index is 0.199. The number of hydrogen-bond acceptors (Lipinski definition) is 10. The normalized spacial score (nSPS) is 19.6. The number of methoxy groups -OCH3 is 3. The molecule has 10 heteroatoms. The third-order valence-corrected chi connectivity index (χ3v) is 5.90. The van der Waals surface area contributed by atoms with E-state index in [0.717, 1.165) is 11.1 Å². The number of aliphatic hydroxyl groups is 1. The summed E-state index contributed by atoms with van der Waals surface area (Å²) in [7, 11) is 4.74. The van der Waals surface area contributed by atoms with Gasteiger partial charge in [0.15, 0.2) is 23.0 Å². The van der Waals surface area contributed by atoms with Gasteiger partial charge >= 0.3 is 0 Å². The highest BCUT2D eigenvalue weighted by Crippen LogP contribution is 2.42. The molecule has 2 aliphatic rings. The van der Waals surface area contributed by atoms with E-state index in [1.165, 1.54) is 0 Å². The Bertz CT molecular complexity index is 1150. The lowest BCUT2D eigenvalue weighted by atomic mass is 10.1. The molecule has 2 atom stereocenters. The van der Waals surface area contributed by atoms with Gasteiger partial charge in [0.1, 0.15) is 0 Å². The number of likely N-dealkylation sites (tertiary alicyclic amines) is 1. The predicted molar refractivity (Wildman–Crippen MR) is 116 cm³/mol. The highest BCUT2D eigenvalue weighted by molar-refractivity contribution is 5.61. The minimum atomic E-state index is -0.512. The molecule has 0 spiro atoms. The van der Waals surface area contributed by atoms with Gasteiger partial charge in [-0.25, -0.2) is 0 Å². The van der Waals surface area contributed by atoms with Crippen LogP contribution in [-0.2, 0) is 6.54 Å². The van der Waals surface area contributed by atoms with E-state index in [0.29, 0.717) is 60.0 Å². The number of fused-ring (bicyclic) bond motifs is 1. The highest BCUT2D eigenvalue weighted by Gasteiger charge is 2.37. The second-order valence-corrected chi connectivity index (χ2v) is 7.85. The number of nitrogens with zero attached hydrogens (tertiary/aromatic N) is 3. The summed E-state index contributed by atoms with van der Waals surface area (Å²) < 4.78 is 32.9. The average Bonchev–Trinajstić information content (AvgIpc) is 3.57. The summed E-state index contributed by atoms with van der Waals surface area (Å²) in [4.78, 5) is 6.70. The van der Waals surface area contributed by atoms with Crippen LogP contribution in [0.2, 0.25) is 0 Å². The van der Waals surface area contributed by atoms with E-state index in [1.54, 1.807) is 21.3 Å². The molecule has 0 amide bonds. The summed E-state index contributed by atoms with van der Waals surface area (Å²) in [5, 5.41) is 14.6. The Morgan fingerprint density at radius 1 is 1.03 bits per heavy atom. The van der Waals surface area contributed by atoms with Crippen LogP contribution in [0.4, 0.5) is 0 Å². The maximum Gasteiger partial charge on any atom is 0.244 e. The van der Waals surface area contributed by atoms with Gasteiger partial charge in [0, 0.05) is 24.2 Å². The monoisotopic (exact) mass is 455 g/mol. The summed E-state index contributed by atoms with van der Waals surface area (Å²) in [5.41, 5.74) is 1.66. The smallest absolute Gasteiger partial charge is 0.244 e. The van der Waals surface area contributed by atoms with E-state index < -0.39 is 6.10 Å². The summed E-state index contributed by atoms with van der Waals surface area (Å²) >= 11 is 0. The molecule has 1 fully saturated rings. The minimum Gasteiger partial charge on any atom is -0.493 e. The third kappa shape index (κ3) is 3.91. The fourth-order valence-electron chi connectivity index (χ4n) is 4.34. The molecule has 0 radical (unpaired) electrons. The number of rotatable bonds is 7. The zero-order chi connectivity index (χ0) is 22.9. The van der Waals surface area contributed by atoms with Gasteiger partial charge in [-0.05, 0) is 30.7 Å². The molecular formula is C23H25N3O7. The van der Waals surface area contributed by atoms with Crippen LogP contribution in [-0.4, -0.2) is 60.9 Å². The van der Waals surface area contributed by atoms with E-state index >= 15 is 0 Å². The van der Waals surface area contributed by atoms with Crippen LogP contribution in [0.3, 0.4) is 0 Å². The lowest BCUT2D eigenvalue weighted by Gasteiger charge is -2.23. The number of benzene rings is 2. The first-order valence-electron chi connectivity index (χ1n) is 10.5.